The highest BCUT2D eigenvalue weighted by Gasteiger charge is 2.16. The molecule has 0 aliphatic carbocycles. The van der Waals surface area contributed by atoms with Gasteiger partial charge in [-0.3, -0.25) is 0 Å². The van der Waals surface area contributed by atoms with Crippen LogP contribution in [0.25, 0.3) is 0 Å². The minimum Gasteiger partial charge on any atom is -0.312 e. The quantitative estimate of drug-likeness (QED) is 0.814. The molecular weight excluding hydrogens is 208 g/mol. The summed E-state index contributed by atoms with van der Waals surface area (Å²) < 4.78 is 0. The Morgan fingerprint density at radius 1 is 1.29 bits per heavy atom. The van der Waals surface area contributed by atoms with Crippen LogP contribution in [0.5, 0.6) is 0 Å². The van der Waals surface area contributed by atoms with E-state index in [-0.39, 0.29) is 0 Å². The third-order valence-corrected chi connectivity index (χ3v) is 3.73. The summed E-state index contributed by atoms with van der Waals surface area (Å²) in [5.74, 6) is 0. The van der Waals surface area contributed by atoms with Crippen molar-refractivity contribution in [3.63, 3.8) is 0 Å². The zero-order valence-electron chi connectivity index (χ0n) is 11.8. The molecule has 2 atom stereocenters. The fraction of sp³-hybridized carbons (Fsp3) is 0.600. The molecule has 1 aromatic rings. The van der Waals surface area contributed by atoms with E-state index in [1.807, 2.05) is 7.05 Å². The van der Waals surface area contributed by atoms with Crippen molar-refractivity contribution in [1.29, 1.82) is 0 Å². The van der Waals surface area contributed by atoms with Crippen LogP contribution >= 0.6 is 0 Å². The Kier molecular flexibility index (Phi) is 5.66. The van der Waals surface area contributed by atoms with Crippen LogP contribution in [0.15, 0.2) is 24.3 Å². The van der Waals surface area contributed by atoms with Crippen molar-refractivity contribution in [2.75, 3.05) is 20.6 Å². The fourth-order valence-corrected chi connectivity index (χ4v) is 2.10. The molecular formula is C15H26N2. The second-order valence-electron chi connectivity index (χ2n) is 4.89. The normalized spacial score (nSPS) is 14.9. The highest BCUT2D eigenvalue weighted by molar-refractivity contribution is 5.28. The summed E-state index contributed by atoms with van der Waals surface area (Å²) in [5, 5.41) is 3.43. The van der Waals surface area contributed by atoms with Gasteiger partial charge >= 0.3 is 0 Å². The number of likely N-dealkylation sites (N-methyl/N-ethyl adjacent to an activating group) is 2. The Hall–Kier alpha value is -0.860. The van der Waals surface area contributed by atoms with Crippen LogP contribution in [-0.2, 0) is 0 Å². The third kappa shape index (κ3) is 3.83. The van der Waals surface area contributed by atoms with E-state index in [1.165, 1.54) is 17.5 Å². The largest absolute Gasteiger partial charge is 0.312 e. The summed E-state index contributed by atoms with van der Waals surface area (Å²) in [6.45, 7) is 7.76. The predicted molar refractivity (Wildman–Crippen MR) is 75.4 cm³/mol. The lowest BCUT2D eigenvalue weighted by molar-refractivity contribution is 0.227. The maximum atomic E-state index is 3.43. The van der Waals surface area contributed by atoms with Gasteiger partial charge in [-0.1, -0.05) is 31.2 Å². The predicted octanol–water partition coefficient (Wildman–Crippen LogP) is 2.99. The Balaban J connectivity index is 2.76. The van der Waals surface area contributed by atoms with Gasteiger partial charge in [-0.05, 0) is 45.5 Å². The van der Waals surface area contributed by atoms with E-state index >= 15 is 0 Å². The van der Waals surface area contributed by atoms with Gasteiger partial charge < -0.3 is 10.2 Å². The van der Waals surface area contributed by atoms with Crippen molar-refractivity contribution in [1.82, 2.24) is 10.2 Å². The van der Waals surface area contributed by atoms with Crippen LogP contribution in [0.4, 0.5) is 0 Å². The number of hydrogen-bond acceptors (Lipinski definition) is 2. The summed E-state index contributed by atoms with van der Waals surface area (Å²) in [5.41, 5.74) is 2.77. The van der Waals surface area contributed by atoms with Crippen molar-refractivity contribution >= 4 is 0 Å². The van der Waals surface area contributed by atoms with Gasteiger partial charge in [0.1, 0.15) is 0 Å². The molecule has 0 fully saturated rings. The van der Waals surface area contributed by atoms with Gasteiger partial charge in [0.2, 0.25) is 0 Å². The molecule has 0 heterocycles. The summed E-state index contributed by atoms with van der Waals surface area (Å²) in [6, 6.07) is 9.68. The summed E-state index contributed by atoms with van der Waals surface area (Å²) in [7, 11) is 4.25. The van der Waals surface area contributed by atoms with Crippen LogP contribution in [0, 0.1) is 6.92 Å². The van der Waals surface area contributed by atoms with Gasteiger partial charge in [0, 0.05) is 18.6 Å². The number of benzene rings is 1. The lowest BCUT2D eigenvalue weighted by Gasteiger charge is -2.29. The second kappa shape index (κ2) is 6.77. The SMILES string of the molecule is CCC(C)N(C)CC(NC)c1ccccc1C. The summed E-state index contributed by atoms with van der Waals surface area (Å²) >= 11 is 0. The molecule has 0 radical (unpaired) electrons. The first-order valence-corrected chi connectivity index (χ1v) is 6.53. The van der Waals surface area contributed by atoms with Crippen molar-refractivity contribution < 1.29 is 0 Å². The van der Waals surface area contributed by atoms with E-state index in [1.54, 1.807) is 0 Å². The van der Waals surface area contributed by atoms with Gasteiger partial charge in [0.25, 0.3) is 0 Å². The van der Waals surface area contributed by atoms with Crippen molar-refractivity contribution in [3.05, 3.63) is 35.4 Å². The van der Waals surface area contributed by atoms with Crippen molar-refractivity contribution in [3.8, 4) is 0 Å². The maximum absolute atomic E-state index is 3.43. The molecule has 1 aromatic carbocycles. The molecule has 0 aliphatic rings. The molecule has 0 aromatic heterocycles. The molecule has 0 saturated carbocycles. The molecule has 0 amide bonds. The first-order valence-electron chi connectivity index (χ1n) is 6.53. The van der Waals surface area contributed by atoms with Crippen LogP contribution in [-0.4, -0.2) is 31.6 Å². The average molecular weight is 234 g/mol. The lowest BCUT2D eigenvalue weighted by atomic mass is 10.0. The second-order valence-corrected chi connectivity index (χ2v) is 4.89. The molecule has 0 bridgehead atoms. The molecule has 1 N–H and O–H groups in total. The topological polar surface area (TPSA) is 15.3 Å². The van der Waals surface area contributed by atoms with Gasteiger partial charge in [-0.2, -0.15) is 0 Å². The van der Waals surface area contributed by atoms with E-state index in [2.05, 4.69) is 62.3 Å². The van der Waals surface area contributed by atoms with E-state index < -0.39 is 0 Å². The lowest BCUT2D eigenvalue weighted by Crippen LogP contribution is -2.36. The molecule has 0 aliphatic heterocycles. The van der Waals surface area contributed by atoms with Crippen LogP contribution in [0.1, 0.15) is 37.4 Å². The van der Waals surface area contributed by atoms with Crippen molar-refractivity contribution in [2.45, 2.75) is 39.3 Å². The highest BCUT2D eigenvalue weighted by atomic mass is 15.1. The molecule has 0 saturated heterocycles. The Morgan fingerprint density at radius 3 is 2.47 bits per heavy atom. The zero-order valence-corrected chi connectivity index (χ0v) is 11.8. The van der Waals surface area contributed by atoms with Gasteiger partial charge in [0.15, 0.2) is 0 Å². The third-order valence-electron chi connectivity index (χ3n) is 3.73. The van der Waals surface area contributed by atoms with Crippen LogP contribution in [0.2, 0.25) is 0 Å². The first kappa shape index (κ1) is 14.2. The van der Waals surface area contributed by atoms with Gasteiger partial charge in [-0.15, -0.1) is 0 Å². The number of rotatable bonds is 6. The number of nitrogens with zero attached hydrogens (tertiary/aromatic N) is 1. The van der Waals surface area contributed by atoms with Gasteiger partial charge in [0.05, 0.1) is 0 Å². The van der Waals surface area contributed by atoms with E-state index in [0.29, 0.717) is 12.1 Å². The number of nitrogens with one attached hydrogen (secondary N) is 1. The average Bonchev–Trinajstić information content (AvgIpc) is 2.35. The van der Waals surface area contributed by atoms with E-state index in [0.717, 1.165) is 6.54 Å². The van der Waals surface area contributed by atoms with Gasteiger partial charge in [-0.25, -0.2) is 0 Å². The Morgan fingerprint density at radius 2 is 1.94 bits per heavy atom. The fourth-order valence-electron chi connectivity index (χ4n) is 2.10. The van der Waals surface area contributed by atoms with E-state index in [9.17, 15) is 0 Å². The highest BCUT2D eigenvalue weighted by Crippen LogP contribution is 2.18. The maximum Gasteiger partial charge on any atom is 0.0449 e. The van der Waals surface area contributed by atoms with Crippen LogP contribution < -0.4 is 5.32 Å². The van der Waals surface area contributed by atoms with Crippen molar-refractivity contribution in [2.24, 2.45) is 0 Å². The van der Waals surface area contributed by atoms with E-state index in [4.69, 9.17) is 0 Å². The smallest absolute Gasteiger partial charge is 0.0449 e. The minimum absolute atomic E-state index is 0.412. The van der Waals surface area contributed by atoms with Crippen LogP contribution in [0.3, 0.4) is 0 Å². The Bertz CT molecular complexity index is 335. The Labute approximate surface area is 106 Å². The summed E-state index contributed by atoms with van der Waals surface area (Å²) in [4.78, 5) is 2.42. The molecule has 2 unspecified atom stereocenters. The zero-order chi connectivity index (χ0) is 12.8. The number of aryl methyl sites for hydroxylation is 1. The molecule has 2 nitrogen and oxygen atoms in total. The molecule has 17 heavy (non-hydrogen) atoms. The molecule has 96 valence electrons. The number of hydrogen-bond donors (Lipinski definition) is 1. The summed E-state index contributed by atoms with van der Waals surface area (Å²) in [6.07, 6.45) is 1.20. The molecule has 1 rings (SSSR count). The monoisotopic (exact) mass is 234 g/mol. The first-order chi connectivity index (χ1) is 8.10. The molecule has 2 heteroatoms. The standard InChI is InChI=1S/C15H26N2/c1-6-13(3)17(5)11-15(16-4)14-10-8-7-9-12(14)2/h7-10,13,15-16H,6,11H2,1-5H3. The molecule has 0 spiro atoms. The minimum atomic E-state index is 0.412.